The van der Waals surface area contributed by atoms with Crippen molar-refractivity contribution in [2.45, 2.75) is 4.90 Å². The molecule has 0 aromatic heterocycles. The number of halogens is 4. The van der Waals surface area contributed by atoms with Crippen molar-refractivity contribution in [3.8, 4) is 0 Å². The number of benzene rings is 2. The van der Waals surface area contributed by atoms with Crippen molar-refractivity contribution >= 4 is 48.9 Å². The third-order valence-corrected chi connectivity index (χ3v) is 4.73. The number of anilines is 2. The second-order valence-electron chi connectivity index (χ2n) is 4.05. The molecule has 112 valence electrons. The van der Waals surface area contributed by atoms with Crippen LogP contribution in [0.3, 0.4) is 0 Å². The Morgan fingerprint density at radius 3 is 2.48 bits per heavy atom. The van der Waals surface area contributed by atoms with Gasteiger partial charge in [0.2, 0.25) is 0 Å². The van der Waals surface area contributed by atoms with E-state index in [2.05, 4.69) is 20.7 Å². The lowest BCUT2D eigenvalue weighted by Gasteiger charge is -2.11. The molecule has 0 saturated heterocycles. The van der Waals surface area contributed by atoms with Crippen LogP contribution in [0.15, 0.2) is 39.7 Å². The average Bonchev–Trinajstić information content (AvgIpc) is 2.37. The van der Waals surface area contributed by atoms with E-state index in [-0.39, 0.29) is 20.9 Å². The maximum Gasteiger partial charge on any atom is 0.264 e. The van der Waals surface area contributed by atoms with Gasteiger partial charge in [0.05, 0.1) is 15.2 Å². The van der Waals surface area contributed by atoms with Gasteiger partial charge >= 0.3 is 0 Å². The lowest BCUT2D eigenvalue weighted by molar-refractivity contribution is 0.566. The maximum atomic E-state index is 13.9. The number of hydrogen-bond acceptors (Lipinski definition) is 3. The van der Waals surface area contributed by atoms with Gasteiger partial charge in [0.25, 0.3) is 10.0 Å². The molecule has 0 saturated carbocycles. The van der Waals surface area contributed by atoms with Gasteiger partial charge in [0, 0.05) is 5.69 Å². The van der Waals surface area contributed by atoms with Gasteiger partial charge in [-0.3, -0.25) is 4.72 Å². The number of rotatable bonds is 3. The van der Waals surface area contributed by atoms with Gasteiger partial charge in [0.1, 0.15) is 10.7 Å². The number of sulfonamides is 1. The van der Waals surface area contributed by atoms with Gasteiger partial charge in [-0.15, -0.1) is 0 Å². The summed E-state index contributed by atoms with van der Waals surface area (Å²) in [6.45, 7) is 0. The minimum atomic E-state index is -4.23. The van der Waals surface area contributed by atoms with E-state index in [9.17, 15) is 17.2 Å². The van der Waals surface area contributed by atoms with Crippen LogP contribution in [0.25, 0.3) is 0 Å². The highest BCUT2D eigenvalue weighted by molar-refractivity contribution is 9.10. The summed E-state index contributed by atoms with van der Waals surface area (Å²) in [5, 5.41) is -0.260. The average molecular weight is 398 g/mol. The molecule has 4 nitrogen and oxygen atoms in total. The normalized spacial score (nSPS) is 11.4. The topological polar surface area (TPSA) is 72.2 Å². The SMILES string of the molecule is Nc1cc(Br)c(F)c(S(=O)(=O)Nc2ccc(F)c(Cl)c2)c1. The molecule has 0 amide bonds. The number of nitrogen functional groups attached to an aromatic ring is 1. The summed E-state index contributed by atoms with van der Waals surface area (Å²) in [5.41, 5.74) is 5.57. The summed E-state index contributed by atoms with van der Waals surface area (Å²) in [5.74, 6) is -1.68. The van der Waals surface area contributed by atoms with Gasteiger partial charge < -0.3 is 5.73 Å². The van der Waals surface area contributed by atoms with Crippen LogP contribution in [-0.2, 0) is 10.0 Å². The Kier molecular flexibility index (Phi) is 4.40. The van der Waals surface area contributed by atoms with Crippen LogP contribution < -0.4 is 10.5 Å². The molecular formula is C12H8BrClF2N2O2S. The Hall–Kier alpha value is -1.38. The third-order valence-electron chi connectivity index (χ3n) is 2.48. The molecule has 0 fully saturated rings. The number of nitrogens with one attached hydrogen (secondary N) is 1. The molecule has 3 N–H and O–H groups in total. The van der Waals surface area contributed by atoms with Crippen molar-refractivity contribution in [1.29, 1.82) is 0 Å². The molecule has 9 heteroatoms. The molecule has 0 unspecified atom stereocenters. The predicted molar refractivity (Wildman–Crippen MR) is 80.7 cm³/mol. The monoisotopic (exact) mass is 396 g/mol. The minimum absolute atomic E-state index is 0.000605. The third kappa shape index (κ3) is 3.45. The van der Waals surface area contributed by atoms with Crippen molar-refractivity contribution in [3.63, 3.8) is 0 Å². The predicted octanol–water partition coefficient (Wildman–Crippen LogP) is 3.76. The van der Waals surface area contributed by atoms with Crippen molar-refractivity contribution in [2.24, 2.45) is 0 Å². The molecule has 2 aromatic carbocycles. The molecule has 0 aliphatic rings. The fourth-order valence-corrected chi connectivity index (χ4v) is 3.52. The summed E-state index contributed by atoms with van der Waals surface area (Å²) in [6.07, 6.45) is 0. The molecule has 0 spiro atoms. The first-order valence-electron chi connectivity index (χ1n) is 5.43. The number of hydrogen-bond donors (Lipinski definition) is 2. The van der Waals surface area contributed by atoms with Gasteiger partial charge in [-0.05, 0) is 46.3 Å². The minimum Gasteiger partial charge on any atom is -0.399 e. The Morgan fingerprint density at radius 2 is 1.86 bits per heavy atom. The van der Waals surface area contributed by atoms with Gasteiger partial charge in [-0.2, -0.15) is 0 Å². The molecule has 21 heavy (non-hydrogen) atoms. The Morgan fingerprint density at radius 1 is 1.19 bits per heavy atom. The zero-order valence-electron chi connectivity index (χ0n) is 10.2. The molecule has 0 aliphatic carbocycles. The van der Waals surface area contributed by atoms with Crippen LogP contribution in [0.1, 0.15) is 0 Å². The van der Waals surface area contributed by atoms with Crippen molar-refractivity contribution in [2.75, 3.05) is 10.5 Å². The standard InChI is InChI=1S/C12H8BrClF2N2O2S/c13-8-3-6(17)4-11(12(8)16)21(19,20)18-7-1-2-10(15)9(14)5-7/h1-5,18H,17H2. The van der Waals surface area contributed by atoms with E-state index in [0.29, 0.717) is 0 Å². The second kappa shape index (κ2) is 5.78. The van der Waals surface area contributed by atoms with Gasteiger partial charge in [-0.1, -0.05) is 11.6 Å². The first-order chi connectivity index (χ1) is 9.70. The zero-order valence-corrected chi connectivity index (χ0v) is 13.4. The molecule has 2 rings (SSSR count). The molecule has 0 aliphatic heterocycles. The molecule has 0 bridgehead atoms. The van der Waals surface area contributed by atoms with Crippen molar-refractivity contribution in [3.05, 3.63) is 51.5 Å². The van der Waals surface area contributed by atoms with E-state index in [4.69, 9.17) is 17.3 Å². The Labute approximate surface area is 133 Å². The van der Waals surface area contributed by atoms with Crippen LogP contribution in [0.5, 0.6) is 0 Å². The van der Waals surface area contributed by atoms with E-state index in [0.717, 1.165) is 24.3 Å². The highest BCUT2D eigenvalue weighted by atomic mass is 79.9. The van der Waals surface area contributed by atoms with Crippen molar-refractivity contribution in [1.82, 2.24) is 0 Å². The molecule has 0 heterocycles. The van der Waals surface area contributed by atoms with Gasteiger partial charge in [0.15, 0.2) is 5.82 Å². The Balaban J connectivity index is 2.45. The lowest BCUT2D eigenvalue weighted by Crippen LogP contribution is -2.15. The Bertz CT molecular complexity index is 815. The fraction of sp³-hybridized carbons (Fsp3) is 0. The van der Waals surface area contributed by atoms with Crippen LogP contribution in [0, 0.1) is 11.6 Å². The lowest BCUT2D eigenvalue weighted by atomic mass is 10.3. The molecule has 0 atom stereocenters. The van der Waals surface area contributed by atoms with E-state index in [1.54, 1.807) is 0 Å². The first-order valence-corrected chi connectivity index (χ1v) is 8.08. The second-order valence-corrected chi connectivity index (χ2v) is 6.96. The smallest absolute Gasteiger partial charge is 0.264 e. The molecule has 2 aromatic rings. The van der Waals surface area contributed by atoms with E-state index in [1.807, 2.05) is 0 Å². The molecular weight excluding hydrogens is 390 g/mol. The largest absolute Gasteiger partial charge is 0.399 e. The van der Waals surface area contributed by atoms with Crippen LogP contribution in [0.4, 0.5) is 20.2 Å². The quantitative estimate of drug-likeness (QED) is 0.775. The highest BCUT2D eigenvalue weighted by Crippen LogP contribution is 2.28. The summed E-state index contributed by atoms with van der Waals surface area (Å²) in [4.78, 5) is -0.630. The summed E-state index contributed by atoms with van der Waals surface area (Å²) in [7, 11) is -4.23. The fourth-order valence-electron chi connectivity index (χ4n) is 1.55. The summed E-state index contributed by atoms with van der Waals surface area (Å²) >= 11 is 8.44. The van der Waals surface area contributed by atoms with E-state index in [1.165, 1.54) is 6.07 Å². The van der Waals surface area contributed by atoms with Crippen LogP contribution in [0.2, 0.25) is 5.02 Å². The van der Waals surface area contributed by atoms with E-state index < -0.39 is 26.6 Å². The van der Waals surface area contributed by atoms with Crippen LogP contribution in [-0.4, -0.2) is 8.42 Å². The van der Waals surface area contributed by atoms with Gasteiger partial charge in [-0.25, -0.2) is 17.2 Å². The maximum absolute atomic E-state index is 13.9. The number of nitrogens with two attached hydrogens (primary N) is 1. The van der Waals surface area contributed by atoms with Crippen molar-refractivity contribution < 1.29 is 17.2 Å². The highest BCUT2D eigenvalue weighted by Gasteiger charge is 2.22. The summed E-state index contributed by atoms with van der Waals surface area (Å²) in [6, 6.07) is 5.45. The van der Waals surface area contributed by atoms with Crippen LogP contribution >= 0.6 is 27.5 Å². The first kappa shape index (κ1) is 16.0. The molecule has 0 radical (unpaired) electrons. The zero-order chi connectivity index (χ0) is 15.8. The van der Waals surface area contributed by atoms with E-state index >= 15 is 0 Å². The summed E-state index contributed by atoms with van der Waals surface area (Å²) < 4.78 is 53.3.